The van der Waals surface area contributed by atoms with Gasteiger partial charge in [0.2, 0.25) is 5.95 Å². The first-order valence-electron chi connectivity index (χ1n) is 13.3. The van der Waals surface area contributed by atoms with Crippen molar-refractivity contribution in [3.05, 3.63) is 90.6 Å². The van der Waals surface area contributed by atoms with Crippen LogP contribution in [0.2, 0.25) is 0 Å². The molecule has 6 rings (SSSR count). The average molecular weight is 563 g/mol. The summed E-state index contributed by atoms with van der Waals surface area (Å²) < 4.78 is 5.03. The number of aryl methyl sites for hydroxylation is 2. The minimum absolute atomic E-state index is 0.416. The third-order valence-electron chi connectivity index (χ3n) is 6.72. The van der Waals surface area contributed by atoms with Crippen LogP contribution in [0.1, 0.15) is 25.1 Å². The molecule has 0 unspecified atom stereocenters. The number of hydrogen-bond acceptors (Lipinski definition) is 9. The highest BCUT2D eigenvalue weighted by atomic mass is 32.2. The molecular formula is C31H30N8OS. The predicted octanol–water partition coefficient (Wildman–Crippen LogP) is 6.69. The van der Waals surface area contributed by atoms with Crippen molar-refractivity contribution < 1.29 is 5.11 Å². The Kier molecular flexibility index (Phi) is 7.02. The SMILES string of the molecule is Cc1ccnc(NSc2ccc(Nc3cc4c(-c5ccc6c(cnn6CC(C)(C)O)c5C)nccc4cn3)cc2)n1. The Balaban J connectivity index is 1.25. The number of pyridine rings is 2. The summed E-state index contributed by atoms with van der Waals surface area (Å²) in [7, 11) is 0. The van der Waals surface area contributed by atoms with Gasteiger partial charge < -0.3 is 10.4 Å². The van der Waals surface area contributed by atoms with E-state index in [1.165, 1.54) is 11.9 Å². The molecule has 0 fully saturated rings. The van der Waals surface area contributed by atoms with Crippen LogP contribution < -0.4 is 10.0 Å². The number of aliphatic hydroxyl groups is 1. The number of anilines is 3. The molecule has 4 heterocycles. The van der Waals surface area contributed by atoms with Crippen molar-refractivity contribution in [1.82, 2.24) is 29.7 Å². The fourth-order valence-corrected chi connectivity index (χ4v) is 5.33. The molecule has 10 heteroatoms. The van der Waals surface area contributed by atoms with Crippen LogP contribution in [-0.2, 0) is 6.54 Å². The highest BCUT2D eigenvalue weighted by Gasteiger charge is 2.18. The Hall–Kier alpha value is -4.54. The molecule has 6 aromatic rings. The summed E-state index contributed by atoms with van der Waals surface area (Å²) in [5, 5.41) is 21.3. The highest BCUT2D eigenvalue weighted by molar-refractivity contribution is 8.00. The number of nitrogens with one attached hydrogen (secondary N) is 2. The Morgan fingerprint density at radius 3 is 2.49 bits per heavy atom. The number of fused-ring (bicyclic) bond motifs is 2. The number of hydrogen-bond donors (Lipinski definition) is 3. The molecule has 0 saturated carbocycles. The molecule has 0 radical (unpaired) electrons. The fourth-order valence-electron chi connectivity index (χ4n) is 4.75. The van der Waals surface area contributed by atoms with E-state index < -0.39 is 5.60 Å². The van der Waals surface area contributed by atoms with Gasteiger partial charge in [0, 0.05) is 56.6 Å². The zero-order chi connectivity index (χ0) is 28.6. The van der Waals surface area contributed by atoms with Crippen LogP contribution in [0.3, 0.4) is 0 Å². The maximum absolute atomic E-state index is 10.3. The molecule has 0 aliphatic rings. The molecule has 2 aromatic carbocycles. The maximum Gasteiger partial charge on any atom is 0.233 e. The molecule has 3 N–H and O–H groups in total. The van der Waals surface area contributed by atoms with Gasteiger partial charge in [-0.25, -0.2) is 15.0 Å². The van der Waals surface area contributed by atoms with E-state index in [0.29, 0.717) is 12.5 Å². The van der Waals surface area contributed by atoms with E-state index in [2.05, 4.69) is 49.1 Å². The summed E-state index contributed by atoms with van der Waals surface area (Å²) in [5.74, 6) is 1.31. The van der Waals surface area contributed by atoms with Crippen molar-refractivity contribution in [3.8, 4) is 11.3 Å². The number of benzene rings is 2. The lowest BCUT2D eigenvalue weighted by Crippen LogP contribution is -2.26. The van der Waals surface area contributed by atoms with Crippen molar-refractivity contribution in [2.24, 2.45) is 0 Å². The van der Waals surface area contributed by atoms with Gasteiger partial charge >= 0.3 is 0 Å². The zero-order valence-electron chi connectivity index (χ0n) is 23.3. The van der Waals surface area contributed by atoms with E-state index in [4.69, 9.17) is 4.98 Å². The molecule has 0 bridgehead atoms. The van der Waals surface area contributed by atoms with Crippen molar-refractivity contribution >= 4 is 51.1 Å². The van der Waals surface area contributed by atoms with E-state index in [9.17, 15) is 5.11 Å². The van der Waals surface area contributed by atoms with Gasteiger partial charge in [-0.2, -0.15) is 5.10 Å². The minimum atomic E-state index is -0.856. The van der Waals surface area contributed by atoms with Gasteiger partial charge in [-0.1, -0.05) is 6.07 Å². The number of aromatic nitrogens is 6. The normalized spacial score (nSPS) is 11.7. The molecule has 4 aromatic heterocycles. The van der Waals surface area contributed by atoms with Crippen LogP contribution in [-0.4, -0.2) is 40.4 Å². The highest BCUT2D eigenvalue weighted by Crippen LogP contribution is 2.34. The third-order valence-corrected chi connectivity index (χ3v) is 7.51. The smallest absolute Gasteiger partial charge is 0.233 e. The van der Waals surface area contributed by atoms with Gasteiger partial charge in [0.05, 0.1) is 29.6 Å². The van der Waals surface area contributed by atoms with Crippen LogP contribution in [0.15, 0.2) is 84.3 Å². The second-order valence-corrected chi connectivity index (χ2v) is 11.5. The topological polar surface area (TPSA) is 114 Å². The largest absolute Gasteiger partial charge is 0.389 e. The van der Waals surface area contributed by atoms with Gasteiger partial charge in [-0.15, -0.1) is 0 Å². The van der Waals surface area contributed by atoms with Crippen LogP contribution >= 0.6 is 11.9 Å². The van der Waals surface area contributed by atoms with Crippen molar-refractivity contribution in [2.45, 2.75) is 44.7 Å². The van der Waals surface area contributed by atoms with Crippen molar-refractivity contribution in [2.75, 3.05) is 10.0 Å². The van der Waals surface area contributed by atoms with E-state index in [1.54, 1.807) is 20.0 Å². The van der Waals surface area contributed by atoms with E-state index >= 15 is 0 Å². The Morgan fingerprint density at radius 1 is 0.902 bits per heavy atom. The van der Waals surface area contributed by atoms with Gasteiger partial charge in [-0.05, 0) is 93.7 Å². The first-order valence-corrected chi connectivity index (χ1v) is 14.1. The fraction of sp³-hybridized carbons (Fsp3) is 0.194. The van der Waals surface area contributed by atoms with Gasteiger partial charge in [0.1, 0.15) is 5.82 Å². The average Bonchev–Trinajstić information content (AvgIpc) is 3.35. The first kappa shape index (κ1) is 26.7. The number of rotatable bonds is 8. The van der Waals surface area contributed by atoms with Crippen molar-refractivity contribution in [3.63, 3.8) is 0 Å². The monoisotopic (exact) mass is 562 g/mol. The lowest BCUT2D eigenvalue weighted by Gasteiger charge is -2.18. The molecule has 0 saturated heterocycles. The third kappa shape index (κ3) is 5.84. The lowest BCUT2D eigenvalue weighted by atomic mass is 9.98. The van der Waals surface area contributed by atoms with Crippen LogP contribution in [0, 0.1) is 13.8 Å². The molecule has 0 amide bonds. The van der Waals surface area contributed by atoms with E-state index in [1.807, 2.05) is 72.7 Å². The lowest BCUT2D eigenvalue weighted by molar-refractivity contribution is 0.0591. The summed E-state index contributed by atoms with van der Waals surface area (Å²) in [5.41, 5.74) is 4.99. The molecule has 0 atom stereocenters. The van der Waals surface area contributed by atoms with Gasteiger partial charge in [-0.3, -0.25) is 14.4 Å². The predicted molar refractivity (Wildman–Crippen MR) is 165 cm³/mol. The second-order valence-electron chi connectivity index (χ2n) is 10.6. The summed E-state index contributed by atoms with van der Waals surface area (Å²) in [4.78, 5) is 19.1. The van der Waals surface area contributed by atoms with Crippen LogP contribution in [0.4, 0.5) is 17.5 Å². The summed E-state index contributed by atoms with van der Waals surface area (Å²) in [6.07, 6.45) is 7.29. The van der Waals surface area contributed by atoms with Gasteiger partial charge in [0.15, 0.2) is 0 Å². The molecule has 0 aliphatic carbocycles. The second kappa shape index (κ2) is 10.8. The maximum atomic E-state index is 10.3. The summed E-state index contributed by atoms with van der Waals surface area (Å²) in [6.45, 7) is 8.02. The zero-order valence-corrected chi connectivity index (χ0v) is 24.1. The Labute approximate surface area is 242 Å². The standard InChI is InChI=1S/C31H30N8OS/c1-19-11-13-33-30(36-19)38-41-23-7-5-22(6-8-23)37-28-15-25-21(16-34-28)12-14-32-29(25)24-9-10-27-26(20(24)2)17-35-39(27)18-31(3,4)40/h5-17,40H,18H2,1-4H3,(H,34,37)(H,33,36,38). The van der Waals surface area contributed by atoms with Crippen LogP contribution in [0.25, 0.3) is 32.9 Å². The Bertz CT molecular complexity index is 1860. The summed E-state index contributed by atoms with van der Waals surface area (Å²) in [6, 6.07) is 18.1. The molecule has 206 valence electrons. The molecule has 0 spiro atoms. The van der Waals surface area contributed by atoms with Crippen molar-refractivity contribution in [1.29, 1.82) is 0 Å². The first-order chi connectivity index (χ1) is 19.7. The van der Waals surface area contributed by atoms with Gasteiger partial charge in [0.25, 0.3) is 0 Å². The quantitative estimate of drug-likeness (QED) is 0.175. The number of nitrogens with zero attached hydrogens (tertiary/aromatic N) is 6. The molecular weight excluding hydrogens is 532 g/mol. The summed E-state index contributed by atoms with van der Waals surface area (Å²) >= 11 is 1.46. The minimum Gasteiger partial charge on any atom is -0.389 e. The Morgan fingerprint density at radius 2 is 1.71 bits per heavy atom. The van der Waals surface area contributed by atoms with E-state index in [0.717, 1.165) is 60.6 Å². The van der Waals surface area contributed by atoms with E-state index in [-0.39, 0.29) is 0 Å². The molecule has 0 aliphatic heterocycles. The van der Waals surface area contributed by atoms with Crippen LogP contribution in [0.5, 0.6) is 0 Å². The molecule has 41 heavy (non-hydrogen) atoms. The molecule has 9 nitrogen and oxygen atoms in total.